The molecule has 1 unspecified atom stereocenters. The molecule has 0 spiro atoms. The van der Waals surface area contributed by atoms with E-state index in [9.17, 15) is 14.6 Å². The first-order chi connectivity index (χ1) is 16.4. The number of aliphatic hydroxyl groups is 2. The Labute approximate surface area is 199 Å². The molecule has 4 rings (SSSR count). The monoisotopic (exact) mass is 489 g/mol. The zero-order chi connectivity index (χ0) is 24.2. The van der Waals surface area contributed by atoms with Crippen LogP contribution >= 0.6 is 11.6 Å². The van der Waals surface area contributed by atoms with Crippen molar-refractivity contribution >= 4 is 28.5 Å². The third-order valence-electron chi connectivity index (χ3n) is 5.57. The van der Waals surface area contributed by atoms with Crippen molar-refractivity contribution in [3.63, 3.8) is 0 Å². The van der Waals surface area contributed by atoms with Gasteiger partial charge in [-0.1, -0.05) is 11.6 Å². The van der Waals surface area contributed by atoms with Crippen molar-refractivity contribution < 1.29 is 19.3 Å². The van der Waals surface area contributed by atoms with Gasteiger partial charge in [0, 0.05) is 18.3 Å². The van der Waals surface area contributed by atoms with Gasteiger partial charge in [-0.2, -0.15) is 10.2 Å². The highest BCUT2D eigenvalue weighted by atomic mass is 35.5. The standard InChI is InChI=1S/C22H25ClFN7O3/c1-12(29-16-4-5-26-9-18(16)33)21(30-25)13-6-19(22-15(23)8-28-31(22)10-13)34-20(11-32)17-3-2-14(24)7-27-17/h2-3,6-8,10,16,18,20,26,32-33H,4-5,9,11,25H2,1H3/b29-12?,30-21+/t16-,18-,20?/m0/s1. The lowest BCUT2D eigenvalue weighted by Gasteiger charge is -2.26. The van der Waals surface area contributed by atoms with E-state index in [2.05, 4.69) is 25.5 Å². The van der Waals surface area contributed by atoms with E-state index in [1.807, 2.05) is 0 Å². The third-order valence-corrected chi connectivity index (χ3v) is 5.84. The van der Waals surface area contributed by atoms with Gasteiger partial charge in [-0.25, -0.2) is 8.91 Å². The van der Waals surface area contributed by atoms with Gasteiger partial charge in [0.1, 0.15) is 22.8 Å². The largest absolute Gasteiger partial charge is 0.479 e. The Hall–Kier alpha value is -3.12. The summed E-state index contributed by atoms with van der Waals surface area (Å²) in [5.41, 5.74) is 2.26. The third kappa shape index (κ3) is 5.02. The molecule has 1 fully saturated rings. The number of nitrogens with two attached hydrogens (primary N) is 1. The molecule has 0 bridgehead atoms. The molecule has 3 aromatic heterocycles. The molecule has 5 N–H and O–H groups in total. The lowest BCUT2D eigenvalue weighted by atomic mass is 10.0. The highest BCUT2D eigenvalue weighted by molar-refractivity contribution is 6.47. The van der Waals surface area contributed by atoms with E-state index < -0.39 is 24.6 Å². The van der Waals surface area contributed by atoms with Crippen LogP contribution < -0.4 is 15.9 Å². The van der Waals surface area contributed by atoms with Crippen molar-refractivity contribution in [3.8, 4) is 5.75 Å². The molecule has 0 saturated carbocycles. The van der Waals surface area contributed by atoms with Gasteiger partial charge in [0.05, 0.1) is 47.6 Å². The lowest BCUT2D eigenvalue weighted by Crippen LogP contribution is -2.43. The van der Waals surface area contributed by atoms with Crippen molar-refractivity contribution in [2.45, 2.75) is 31.6 Å². The molecule has 180 valence electrons. The fourth-order valence-electron chi connectivity index (χ4n) is 3.86. The first-order valence-corrected chi connectivity index (χ1v) is 11.1. The number of hydrogen-bond donors (Lipinski definition) is 4. The number of rotatable bonds is 7. The summed E-state index contributed by atoms with van der Waals surface area (Å²) in [7, 11) is 0. The van der Waals surface area contributed by atoms with Crippen molar-refractivity contribution in [1.82, 2.24) is 19.9 Å². The molecule has 1 saturated heterocycles. The van der Waals surface area contributed by atoms with Gasteiger partial charge < -0.3 is 26.1 Å². The number of pyridine rings is 2. The maximum Gasteiger partial charge on any atom is 0.163 e. The summed E-state index contributed by atoms with van der Waals surface area (Å²) in [5.74, 6) is 5.52. The Morgan fingerprint density at radius 3 is 2.94 bits per heavy atom. The van der Waals surface area contributed by atoms with Crippen LogP contribution in [0.2, 0.25) is 5.02 Å². The maximum atomic E-state index is 13.3. The Morgan fingerprint density at radius 1 is 1.44 bits per heavy atom. The maximum absolute atomic E-state index is 13.3. The Bertz CT molecular complexity index is 1220. The second kappa shape index (κ2) is 10.4. The molecule has 0 radical (unpaired) electrons. The minimum absolute atomic E-state index is 0.278. The quantitative estimate of drug-likeness (QED) is 0.223. The van der Waals surface area contributed by atoms with Crippen LogP contribution in [0.15, 0.2) is 46.9 Å². The number of halogens is 2. The molecule has 0 aromatic carbocycles. The number of nitrogens with zero attached hydrogens (tertiary/aromatic N) is 5. The minimum atomic E-state index is -0.886. The van der Waals surface area contributed by atoms with E-state index in [0.717, 1.165) is 12.7 Å². The number of aliphatic hydroxyl groups excluding tert-OH is 2. The zero-order valence-corrected chi connectivity index (χ0v) is 19.2. The van der Waals surface area contributed by atoms with Gasteiger partial charge in [-0.05, 0) is 38.1 Å². The number of aromatic nitrogens is 3. The summed E-state index contributed by atoms with van der Waals surface area (Å²) in [6, 6.07) is 4.06. The van der Waals surface area contributed by atoms with E-state index in [4.69, 9.17) is 22.2 Å². The summed E-state index contributed by atoms with van der Waals surface area (Å²) in [5, 5.41) is 31.8. The van der Waals surface area contributed by atoms with E-state index >= 15 is 0 Å². The topological polar surface area (TPSA) is 143 Å². The van der Waals surface area contributed by atoms with Crippen LogP contribution in [0.1, 0.15) is 30.7 Å². The smallest absolute Gasteiger partial charge is 0.163 e. The number of fused-ring (bicyclic) bond motifs is 1. The van der Waals surface area contributed by atoms with Crippen molar-refractivity contribution in [2.75, 3.05) is 19.7 Å². The number of nitrogens with one attached hydrogen (secondary N) is 1. The Kier molecular flexibility index (Phi) is 7.37. The van der Waals surface area contributed by atoms with Gasteiger partial charge in [-0.15, -0.1) is 0 Å². The van der Waals surface area contributed by atoms with Crippen LogP contribution in [-0.2, 0) is 0 Å². The second-order valence-electron chi connectivity index (χ2n) is 7.89. The number of ether oxygens (including phenoxy) is 1. The van der Waals surface area contributed by atoms with Crippen molar-refractivity contribution in [1.29, 1.82) is 0 Å². The molecule has 3 aromatic rings. The average Bonchev–Trinajstić information content (AvgIpc) is 3.21. The van der Waals surface area contributed by atoms with E-state index in [1.54, 1.807) is 19.2 Å². The van der Waals surface area contributed by atoms with Gasteiger partial charge >= 0.3 is 0 Å². The summed E-state index contributed by atoms with van der Waals surface area (Å²) in [4.78, 5) is 8.65. The van der Waals surface area contributed by atoms with Crippen LogP contribution in [-0.4, -0.2) is 68.1 Å². The van der Waals surface area contributed by atoms with Gasteiger partial charge in [-0.3, -0.25) is 9.98 Å². The molecule has 0 aliphatic carbocycles. The SMILES string of the molecule is CC(=N[C@H]1CCNC[C@@H]1O)/C(=N\N)c1cc(OC(CO)c2ccc(F)cn2)c2c(Cl)cnn2c1. The van der Waals surface area contributed by atoms with Crippen molar-refractivity contribution in [2.24, 2.45) is 15.9 Å². The van der Waals surface area contributed by atoms with Crippen LogP contribution in [0.25, 0.3) is 5.52 Å². The molecule has 10 nitrogen and oxygen atoms in total. The fourth-order valence-corrected chi connectivity index (χ4v) is 4.08. The predicted octanol–water partition coefficient (Wildman–Crippen LogP) is 1.48. The van der Waals surface area contributed by atoms with Gasteiger partial charge in [0.25, 0.3) is 0 Å². The predicted molar refractivity (Wildman–Crippen MR) is 126 cm³/mol. The number of β-amino-alcohol motifs (C(OH)–C–C–N with tert-alkyl or cyclic N) is 1. The molecule has 1 aliphatic rings. The lowest BCUT2D eigenvalue weighted by molar-refractivity contribution is 0.114. The number of aliphatic imine (C=N–C) groups is 1. The minimum Gasteiger partial charge on any atom is -0.479 e. The Morgan fingerprint density at radius 2 is 2.26 bits per heavy atom. The summed E-state index contributed by atoms with van der Waals surface area (Å²) in [6.45, 7) is 2.57. The molecule has 12 heteroatoms. The number of piperidine rings is 1. The first-order valence-electron chi connectivity index (χ1n) is 10.7. The number of hydrazone groups is 1. The molecule has 1 aliphatic heterocycles. The summed E-state index contributed by atoms with van der Waals surface area (Å²) >= 11 is 6.34. The van der Waals surface area contributed by atoms with Crippen LogP contribution in [0.5, 0.6) is 5.75 Å². The molecule has 34 heavy (non-hydrogen) atoms. The summed E-state index contributed by atoms with van der Waals surface area (Å²) < 4.78 is 20.9. The van der Waals surface area contributed by atoms with Crippen molar-refractivity contribution in [3.05, 3.63) is 58.9 Å². The average molecular weight is 490 g/mol. The zero-order valence-electron chi connectivity index (χ0n) is 18.4. The highest BCUT2D eigenvalue weighted by Crippen LogP contribution is 2.32. The van der Waals surface area contributed by atoms with Gasteiger partial charge in [0.2, 0.25) is 0 Å². The highest BCUT2D eigenvalue weighted by Gasteiger charge is 2.24. The summed E-state index contributed by atoms with van der Waals surface area (Å²) in [6.07, 6.45) is 3.38. The first kappa shape index (κ1) is 24.0. The molecule has 3 atom stereocenters. The van der Waals surface area contributed by atoms with E-state index in [1.165, 1.54) is 22.8 Å². The van der Waals surface area contributed by atoms with Crippen LogP contribution in [0, 0.1) is 5.82 Å². The normalized spacial score (nSPS) is 20.5. The molecule has 0 amide bonds. The Balaban J connectivity index is 1.72. The number of hydrogen-bond acceptors (Lipinski definition) is 9. The molecule has 4 heterocycles. The van der Waals surface area contributed by atoms with Crippen LogP contribution in [0.4, 0.5) is 4.39 Å². The van der Waals surface area contributed by atoms with E-state index in [-0.39, 0.29) is 6.04 Å². The van der Waals surface area contributed by atoms with E-state index in [0.29, 0.717) is 51.9 Å². The van der Waals surface area contributed by atoms with Crippen LogP contribution in [0.3, 0.4) is 0 Å². The second-order valence-corrected chi connectivity index (χ2v) is 8.30. The van der Waals surface area contributed by atoms with Gasteiger partial charge in [0.15, 0.2) is 6.10 Å². The molecular weight excluding hydrogens is 465 g/mol. The molecular formula is C22H25ClFN7O3. The fraction of sp³-hybridized carbons (Fsp3) is 0.364.